The molecule has 0 amide bonds. The van der Waals surface area contributed by atoms with Crippen LogP contribution in [0.5, 0.6) is 0 Å². The minimum Gasteiger partial charge on any atom is -0.373 e. The number of aromatic nitrogens is 1. The molecule has 1 fully saturated rings. The molecule has 1 aromatic rings. The van der Waals surface area contributed by atoms with Gasteiger partial charge in [0, 0.05) is 25.7 Å². The first-order valence-corrected chi connectivity index (χ1v) is 6.59. The van der Waals surface area contributed by atoms with Gasteiger partial charge in [-0.3, -0.25) is 10.1 Å². The lowest BCUT2D eigenvalue weighted by atomic mass is 10.2. The fourth-order valence-corrected chi connectivity index (χ4v) is 2.41. The van der Waals surface area contributed by atoms with E-state index in [0.29, 0.717) is 6.61 Å². The van der Waals surface area contributed by atoms with Gasteiger partial charge in [-0.15, -0.1) is 0 Å². The van der Waals surface area contributed by atoms with E-state index in [4.69, 9.17) is 4.74 Å². The maximum atomic E-state index is 10.7. The third-order valence-corrected chi connectivity index (χ3v) is 3.25. The van der Waals surface area contributed by atoms with Gasteiger partial charge in [0.25, 0.3) is 5.69 Å². The Bertz CT molecular complexity index is 493. The highest BCUT2D eigenvalue weighted by molar-refractivity contribution is 5.50. The van der Waals surface area contributed by atoms with Gasteiger partial charge in [-0.2, -0.15) is 0 Å². The molecular weight excluding hydrogens is 260 g/mol. The highest BCUT2D eigenvalue weighted by atomic mass is 16.6. The van der Waals surface area contributed by atoms with Gasteiger partial charge in [0.05, 0.1) is 17.6 Å². The summed E-state index contributed by atoms with van der Waals surface area (Å²) in [5, 5.41) is 10.7. The zero-order valence-electron chi connectivity index (χ0n) is 12.1. The quantitative estimate of drug-likeness (QED) is 0.607. The Labute approximate surface area is 118 Å². The zero-order chi connectivity index (χ0) is 14.7. The number of nitrogens with zero attached hydrogens (tertiary/aromatic N) is 4. The van der Waals surface area contributed by atoms with Crippen molar-refractivity contribution in [3.05, 3.63) is 27.9 Å². The number of morpholine rings is 1. The summed E-state index contributed by atoms with van der Waals surface area (Å²) in [7, 11) is 4.02. The third kappa shape index (κ3) is 3.43. The second-order valence-electron chi connectivity index (χ2n) is 5.29. The van der Waals surface area contributed by atoms with Crippen LogP contribution >= 0.6 is 0 Å². The molecule has 20 heavy (non-hydrogen) atoms. The van der Waals surface area contributed by atoms with E-state index < -0.39 is 4.92 Å². The van der Waals surface area contributed by atoms with Gasteiger partial charge >= 0.3 is 0 Å². The summed E-state index contributed by atoms with van der Waals surface area (Å²) < 4.78 is 5.72. The van der Waals surface area contributed by atoms with E-state index in [1.807, 2.05) is 21.0 Å². The number of aryl methyl sites for hydroxylation is 1. The molecule has 110 valence electrons. The molecule has 1 atom stereocenters. The fraction of sp³-hybridized carbons (Fsp3) is 0.615. The molecule has 0 saturated carbocycles. The van der Waals surface area contributed by atoms with Gasteiger partial charge in [0.15, 0.2) is 0 Å². The Morgan fingerprint density at radius 2 is 2.35 bits per heavy atom. The standard InChI is InChI=1S/C13H20N4O3/c1-10-6-11(17(18)19)7-14-13(10)16-4-5-20-12(9-16)8-15(2)3/h6-7,12H,4-5,8-9H2,1-3H3. The van der Waals surface area contributed by atoms with Gasteiger partial charge in [-0.05, 0) is 26.6 Å². The first-order valence-electron chi connectivity index (χ1n) is 6.59. The molecular formula is C13H20N4O3. The zero-order valence-corrected chi connectivity index (χ0v) is 12.1. The van der Waals surface area contributed by atoms with Crippen molar-refractivity contribution in [2.75, 3.05) is 45.2 Å². The molecule has 0 N–H and O–H groups in total. The SMILES string of the molecule is Cc1cc([N+](=O)[O-])cnc1N1CCOC(CN(C)C)C1. The molecule has 7 heteroatoms. The van der Waals surface area contributed by atoms with Crippen molar-refractivity contribution in [2.45, 2.75) is 13.0 Å². The second-order valence-corrected chi connectivity index (χ2v) is 5.29. The Morgan fingerprint density at radius 3 is 2.95 bits per heavy atom. The van der Waals surface area contributed by atoms with Crippen LogP contribution in [-0.4, -0.2) is 61.2 Å². The lowest BCUT2D eigenvalue weighted by Gasteiger charge is -2.35. The van der Waals surface area contributed by atoms with Crippen LogP contribution in [0, 0.1) is 17.0 Å². The van der Waals surface area contributed by atoms with Crippen molar-refractivity contribution in [1.82, 2.24) is 9.88 Å². The van der Waals surface area contributed by atoms with E-state index in [0.717, 1.165) is 31.0 Å². The highest BCUT2D eigenvalue weighted by Crippen LogP contribution is 2.23. The van der Waals surface area contributed by atoms with Crippen LogP contribution < -0.4 is 4.90 Å². The van der Waals surface area contributed by atoms with Crippen molar-refractivity contribution < 1.29 is 9.66 Å². The minimum atomic E-state index is -0.419. The number of nitro groups is 1. The monoisotopic (exact) mass is 280 g/mol. The predicted molar refractivity (Wildman–Crippen MR) is 76.1 cm³/mol. The van der Waals surface area contributed by atoms with Crippen molar-refractivity contribution >= 4 is 11.5 Å². The van der Waals surface area contributed by atoms with Gasteiger partial charge in [-0.25, -0.2) is 4.98 Å². The molecule has 7 nitrogen and oxygen atoms in total. The molecule has 0 aliphatic carbocycles. The van der Waals surface area contributed by atoms with Crippen LogP contribution in [-0.2, 0) is 4.74 Å². The number of hydrogen-bond donors (Lipinski definition) is 0. The summed E-state index contributed by atoms with van der Waals surface area (Å²) in [4.78, 5) is 18.8. The summed E-state index contributed by atoms with van der Waals surface area (Å²) in [5.41, 5.74) is 0.856. The molecule has 1 saturated heterocycles. The fourth-order valence-electron chi connectivity index (χ4n) is 2.41. The summed E-state index contributed by atoms with van der Waals surface area (Å²) in [5.74, 6) is 0.808. The lowest BCUT2D eigenvalue weighted by molar-refractivity contribution is -0.385. The minimum absolute atomic E-state index is 0.0318. The van der Waals surface area contributed by atoms with E-state index in [1.165, 1.54) is 6.20 Å². The second kappa shape index (κ2) is 6.15. The van der Waals surface area contributed by atoms with E-state index in [9.17, 15) is 10.1 Å². The molecule has 0 radical (unpaired) electrons. The van der Waals surface area contributed by atoms with Gasteiger partial charge in [0.1, 0.15) is 12.0 Å². The van der Waals surface area contributed by atoms with Crippen LogP contribution in [0.4, 0.5) is 11.5 Å². The Balaban J connectivity index is 2.12. The maximum absolute atomic E-state index is 10.7. The van der Waals surface area contributed by atoms with Crippen molar-refractivity contribution in [2.24, 2.45) is 0 Å². The van der Waals surface area contributed by atoms with Crippen molar-refractivity contribution in [3.8, 4) is 0 Å². The molecule has 0 bridgehead atoms. The lowest BCUT2D eigenvalue weighted by Crippen LogP contribution is -2.47. The maximum Gasteiger partial charge on any atom is 0.287 e. The number of hydrogen-bond acceptors (Lipinski definition) is 6. The smallest absolute Gasteiger partial charge is 0.287 e. The third-order valence-electron chi connectivity index (χ3n) is 3.25. The summed E-state index contributed by atoms with van der Waals surface area (Å²) in [6, 6.07) is 1.57. The first-order chi connectivity index (χ1) is 9.47. The van der Waals surface area contributed by atoms with Gasteiger partial charge in [0.2, 0.25) is 0 Å². The number of ether oxygens (including phenoxy) is 1. The van der Waals surface area contributed by atoms with Gasteiger partial charge in [-0.1, -0.05) is 0 Å². The number of pyridine rings is 1. The topological polar surface area (TPSA) is 71.7 Å². The molecule has 1 unspecified atom stereocenters. The van der Waals surface area contributed by atoms with Crippen LogP contribution in [0.25, 0.3) is 0 Å². The summed E-state index contributed by atoms with van der Waals surface area (Å²) in [6.45, 7) is 4.87. The number of rotatable bonds is 4. The van der Waals surface area contributed by atoms with Crippen molar-refractivity contribution in [1.29, 1.82) is 0 Å². The first kappa shape index (κ1) is 14.7. The molecule has 0 aromatic carbocycles. The van der Waals surface area contributed by atoms with Crippen molar-refractivity contribution in [3.63, 3.8) is 0 Å². The molecule has 1 aromatic heterocycles. The van der Waals surface area contributed by atoms with Crippen LogP contribution in [0.3, 0.4) is 0 Å². The summed E-state index contributed by atoms with van der Waals surface area (Å²) >= 11 is 0. The number of anilines is 1. The molecule has 2 heterocycles. The average molecular weight is 280 g/mol. The Hall–Kier alpha value is -1.73. The molecule has 2 rings (SSSR count). The molecule has 1 aliphatic heterocycles. The van der Waals surface area contributed by atoms with Gasteiger partial charge < -0.3 is 14.5 Å². The summed E-state index contributed by atoms with van der Waals surface area (Å²) in [6.07, 6.45) is 1.45. The largest absolute Gasteiger partial charge is 0.373 e. The Kier molecular flexibility index (Phi) is 4.51. The normalized spacial score (nSPS) is 19.4. The van der Waals surface area contributed by atoms with Crippen LogP contribution in [0.1, 0.15) is 5.56 Å². The predicted octanol–water partition coefficient (Wildman–Crippen LogP) is 1.07. The van der Waals surface area contributed by atoms with E-state index in [-0.39, 0.29) is 11.8 Å². The highest BCUT2D eigenvalue weighted by Gasteiger charge is 2.23. The average Bonchev–Trinajstić information content (AvgIpc) is 2.38. The molecule has 0 spiro atoms. The molecule has 1 aliphatic rings. The van der Waals surface area contributed by atoms with Crippen LogP contribution in [0.15, 0.2) is 12.3 Å². The van der Waals surface area contributed by atoms with E-state index >= 15 is 0 Å². The number of likely N-dealkylation sites (N-methyl/N-ethyl adjacent to an activating group) is 1. The van der Waals surface area contributed by atoms with Crippen LogP contribution in [0.2, 0.25) is 0 Å². The van der Waals surface area contributed by atoms with E-state index in [1.54, 1.807) is 6.07 Å². The Morgan fingerprint density at radius 1 is 1.60 bits per heavy atom. The van der Waals surface area contributed by atoms with E-state index in [2.05, 4.69) is 14.8 Å².